The molecule has 5 heteroatoms. The molecule has 0 bridgehead atoms. The van der Waals surface area contributed by atoms with E-state index in [1.165, 1.54) is 116 Å². The number of amides is 1. The van der Waals surface area contributed by atoms with Crippen LogP contribution in [0, 0.1) is 0 Å². The van der Waals surface area contributed by atoms with E-state index in [1.807, 2.05) is 6.08 Å². The van der Waals surface area contributed by atoms with Crippen LogP contribution in [0.4, 0.5) is 0 Å². The van der Waals surface area contributed by atoms with Gasteiger partial charge < -0.3 is 20.6 Å². The third-order valence-electron chi connectivity index (χ3n) is 8.41. The topological polar surface area (TPSA) is 89.8 Å². The molecule has 0 aromatic carbocycles. The molecule has 0 radical (unpaired) electrons. The SMILES string of the molecule is CCCC/C=C/CC/C=C/CC/C=C/C(O)C(CO)NC(=O)CC(O)CCCCCCCCCCCCCCCCCCC. The molecule has 0 heterocycles. The van der Waals surface area contributed by atoms with Gasteiger partial charge in [0.1, 0.15) is 0 Å². The number of carbonyl (C=O) groups excluding carboxylic acids is 1. The monoisotopic (exact) mass is 620 g/mol. The highest BCUT2D eigenvalue weighted by atomic mass is 16.3. The summed E-state index contributed by atoms with van der Waals surface area (Å²) in [4.78, 5) is 12.4. The summed E-state index contributed by atoms with van der Waals surface area (Å²) in [7, 11) is 0. The minimum Gasteiger partial charge on any atom is -0.394 e. The summed E-state index contributed by atoms with van der Waals surface area (Å²) in [5.74, 6) is -0.331. The highest BCUT2D eigenvalue weighted by Crippen LogP contribution is 2.15. The number of rotatable bonds is 33. The fourth-order valence-electron chi connectivity index (χ4n) is 5.47. The summed E-state index contributed by atoms with van der Waals surface area (Å²) >= 11 is 0. The third kappa shape index (κ3) is 30.6. The van der Waals surface area contributed by atoms with Crippen LogP contribution in [0.15, 0.2) is 36.5 Å². The molecule has 44 heavy (non-hydrogen) atoms. The second-order valence-electron chi connectivity index (χ2n) is 12.8. The van der Waals surface area contributed by atoms with E-state index in [1.54, 1.807) is 6.08 Å². The lowest BCUT2D eigenvalue weighted by Gasteiger charge is -2.21. The zero-order valence-corrected chi connectivity index (χ0v) is 29.0. The van der Waals surface area contributed by atoms with E-state index in [-0.39, 0.29) is 18.9 Å². The average molecular weight is 620 g/mol. The highest BCUT2D eigenvalue weighted by Gasteiger charge is 2.20. The fraction of sp³-hybridized carbons (Fsp3) is 0.821. The lowest BCUT2D eigenvalue weighted by atomic mass is 10.0. The molecule has 258 valence electrons. The minimum absolute atomic E-state index is 0.00434. The normalized spacial score (nSPS) is 14.2. The molecular weight excluding hydrogens is 546 g/mol. The predicted octanol–water partition coefficient (Wildman–Crippen LogP) is 10.0. The standard InChI is InChI=1S/C39H73NO4/c1-3-5-7-9-11-13-15-17-18-19-20-21-22-24-26-28-30-32-36(42)34-39(44)40-37(35-41)38(43)33-31-29-27-25-23-16-14-12-10-8-6-4-2/h10,12,23,25,31,33,36-38,41-43H,3-9,11,13-22,24,26-30,32,34-35H2,1-2H3,(H,40,44)/b12-10+,25-23+,33-31+. The number of carbonyl (C=O) groups is 1. The molecule has 0 saturated carbocycles. The van der Waals surface area contributed by atoms with E-state index in [4.69, 9.17) is 0 Å². The Hall–Kier alpha value is -1.43. The van der Waals surface area contributed by atoms with E-state index in [0.29, 0.717) is 6.42 Å². The van der Waals surface area contributed by atoms with Gasteiger partial charge >= 0.3 is 0 Å². The summed E-state index contributed by atoms with van der Waals surface area (Å²) in [6.45, 7) is 4.13. The maximum atomic E-state index is 12.4. The number of aliphatic hydroxyl groups excluding tert-OH is 3. The van der Waals surface area contributed by atoms with Crippen LogP contribution in [-0.2, 0) is 4.79 Å². The smallest absolute Gasteiger partial charge is 0.222 e. The Kier molecular flexibility index (Phi) is 33.3. The summed E-state index contributed by atoms with van der Waals surface area (Å²) in [5.41, 5.74) is 0. The quantitative estimate of drug-likeness (QED) is 0.0435. The number of hydrogen-bond acceptors (Lipinski definition) is 4. The lowest BCUT2D eigenvalue weighted by molar-refractivity contribution is -0.124. The Morgan fingerprint density at radius 3 is 1.43 bits per heavy atom. The summed E-state index contributed by atoms with van der Waals surface area (Å²) < 4.78 is 0. The first kappa shape index (κ1) is 42.6. The molecule has 1 amide bonds. The van der Waals surface area contributed by atoms with Crippen molar-refractivity contribution >= 4 is 5.91 Å². The van der Waals surface area contributed by atoms with Crippen LogP contribution in [0.1, 0.15) is 181 Å². The molecule has 4 N–H and O–H groups in total. The highest BCUT2D eigenvalue weighted by molar-refractivity contribution is 5.76. The maximum absolute atomic E-state index is 12.4. The number of aliphatic hydroxyl groups is 3. The molecule has 0 rings (SSSR count). The zero-order chi connectivity index (χ0) is 32.4. The van der Waals surface area contributed by atoms with Crippen LogP contribution in [0.25, 0.3) is 0 Å². The molecule has 0 aliphatic carbocycles. The molecule has 0 fully saturated rings. The molecular formula is C39H73NO4. The van der Waals surface area contributed by atoms with Gasteiger partial charge in [-0.15, -0.1) is 0 Å². The second kappa shape index (κ2) is 34.4. The molecule has 5 nitrogen and oxygen atoms in total. The van der Waals surface area contributed by atoms with Crippen molar-refractivity contribution in [2.75, 3.05) is 6.61 Å². The van der Waals surface area contributed by atoms with E-state index in [2.05, 4.69) is 43.5 Å². The van der Waals surface area contributed by atoms with Gasteiger partial charge in [0.05, 0.1) is 31.3 Å². The molecule has 3 atom stereocenters. The Labute approximate surface area is 273 Å². The first-order valence-corrected chi connectivity index (χ1v) is 18.8. The van der Waals surface area contributed by atoms with Crippen LogP contribution >= 0.6 is 0 Å². The molecule has 0 saturated heterocycles. The molecule has 0 spiro atoms. The summed E-state index contributed by atoms with van der Waals surface area (Å²) in [6.07, 6.45) is 41.3. The van der Waals surface area contributed by atoms with Gasteiger partial charge in [-0.25, -0.2) is 0 Å². The molecule has 0 aromatic heterocycles. The van der Waals surface area contributed by atoms with Crippen LogP contribution in [0.2, 0.25) is 0 Å². The third-order valence-corrected chi connectivity index (χ3v) is 8.41. The van der Waals surface area contributed by atoms with Crippen molar-refractivity contribution in [1.82, 2.24) is 5.32 Å². The van der Waals surface area contributed by atoms with Crippen molar-refractivity contribution in [2.45, 2.75) is 199 Å². The zero-order valence-electron chi connectivity index (χ0n) is 29.0. The van der Waals surface area contributed by atoms with Gasteiger partial charge in [0.25, 0.3) is 0 Å². The molecule has 3 unspecified atom stereocenters. The van der Waals surface area contributed by atoms with Crippen LogP contribution < -0.4 is 5.32 Å². The van der Waals surface area contributed by atoms with E-state index >= 15 is 0 Å². The van der Waals surface area contributed by atoms with Gasteiger partial charge in [-0.1, -0.05) is 172 Å². The van der Waals surface area contributed by atoms with Gasteiger partial charge in [0.15, 0.2) is 0 Å². The number of nitrogens with one attached hydrogen (secondary N) is 1. The first-order valence-electron chi connectivity index (χ1n) is 18.8. The Balaban J connectivity index is 3.74. The fourth-order valence-corrected chi connectivity index (χ4v) is 5.47. The maximum Gasteiger partial charge on any atom is 0.222 e. The number of unbranched alkanes of at least 4 members (excludes halogenated alkanes) is 20. The van der Waals surface area contributed by atoms with Gasteiger partial charge in [-0.05, 0) is 38.5 Å². The number of hydrogen-bond donors (Lipinski definition) is 4. The van der Waals surface area contributed by atoms with Crippen molar-refractivity contribution < 1.29 is 20.1 Å². The van der Waals surface area contributed by atoms with E-state index in [9.17, 15) is 20.1 Å². The van der Waals surface area contributed by atoms with Gasteiger partial charge in [0, 0.05) is 0 Å². The van der Waals surface area contributed by atoms with Crippen LogP contribution in [0.5, 0.6) is 0 Å². The summed E-state index contributed by atoms with van der Waals surface area (Å²) in [6, 6.07) is -0.763. The first-order chi connectivity index (χ1) is 21.5. The second-order valence-corrected chi connectivity index (χ2v) is 12.8. The Bertz CT molecular complexity index is 690. The molecule has 0 aliphatic rings. The predicted molar refractivity (Wildman–Crippen MR) is 190 cm³/mol. The van der Waals surface area contributed by atoms with Crippen molar-refractivity contribution in [3.63, 3.8) is 0 Å². The lowest BCUT2D eigenvalue weighted by Crippen LogP contribution is -2.45. The summed E-state index contributed by atoms with van der Waals surface area (Å²) in [5, 5.41) is 33.0. The van der Waals surface area contributed by atoms with E-state index < -0.39 is 18.2 Å². The van der Waals surface area contributed by atoms with Crippen molar-refractivity contribution in [3.05, 3.63) is 36.5 Å². The molecule has 0 aromatic rings. The Morgan fingerprint density at radius 2 is 0.977 bits per heavy atom. The van der Waals surface area contributed by atoms with Gasteiger partial charge in [-0.2, -0.15) is 0 Å². The Morgan fingerprint density at radius 1 is 0.568 bits per heavy atom. The van der Waals surface area contributed by atoms with Crippen molar-refractivity contribution in [3.8, 4) is 0 Å². The van der Waals surface area contributed by atoms with E-state index in [0.717, 1.165) is 38.5 Å². The number of allylic oxidation sites excluding steroid dienone is 5. The minimum atomic E-state index is -0.955. The van der Waals surface area contributed by atoms with Gasteiger partial charge in [-0.3, -0.25) is 4.79 Å². The largest absolute Gasteiger partial charge is 0.394 e. The van der Waals surface area contributed by atoms with Gasteiger partial charge in [0.2, 0.25) is 5.91 Å². The molecule has 0 aliphatic heterocycles. The van der Waals surface area contributed by atoms with Crippen LogP contribution in [0.3, 0.4) is 0 Å². The van der Waals surface area contributed by atoms with Crippen molar-refractivity contribution in [2.24, 2.45) is 0 Å². The van der Waals surface area contributed by atoms with Crippen LogP contribution in [-0.4, -0.2) is 46.1 Å². The van der Waals surface area contributed by atoms with Crippen molar-refractivity contribution in [1.29, 1.82) is 0 Å². The average Bonchev–Trinajstić information content (AvgIpc) is 3.01.